The molecule has 0 bridgehead atoms. The van der Waals surface area contributed by atoms with E-state index in [0.717, 1.165) is 37.6 Å². The second kappa shape index (κ2) is 11.8. The molecule has 0 saturated carbocycles. The largest absolute Gasteiger partial charge is 0.494 e. The van der Waals surface area contributed by atoms with Crippen LogP contribution in [-0.2, 0) is 24.4 Å². The van der Waals surface area contributed by atoms with Crippen molar-refractivity contribution in [2.24, 2.45) is 0 Å². The van der Waals surface area contributed by atoms with E-state index in [1.165, 1.54) is 11.1 Å². The van der Waals surface area contributed by atoms with Crippen molar-refractivity contribution in [2.45, 2.75) is 44.3 Å². The summed E-state index contributed by atoms with van der Waals surface area (Å²) in [6, 6.07) is 16.8. The molecule has 0 N–H and O–H groups in total. The van der Waals surface area contributed by atoms with E-state index in [2.05, 4.69) is 38.1 Å². The zero-order valence-corrected chi connectivity index (χ0v) is 19.8. The summed E-state index contributed by atoms with van der Waals surface area (Å²) in [6.07, 6.45) is 2.39. The van der Waals surface area contributed by atoms with Crippen molar-refractivity contribution >= 4 is 0 Å². The molecule has 6 nitrogen and oxygen atoms in total. The van der Waals surface area contributed by atoms with Crippen molar-refractivity contribution in [3.05, 3.63) is 59.7 Å². The van der Waals surface area contributed by atoms with Crippen LogP contribution < -0.4 is 9.47 Å². The second-order valence-corrected chi connectivity index (χ2v) is 9.14. The lowest BCUT2D eigenvalue weighted by Gasteiger charge is -2.26. The summed E-state index contributed by atoms with van der Waals surface area (Å²) in [7, 11) is 0. The van der Waals surface area contributed by atoms with E-state index in [1.54, 1.807) is 0 Å². The summed E-state index contributed by atoms with van der Waals surface area (Å²) in [5.41, 5.74) is 2.37. The van der Waals surface area contributed by atoms with Gasteiger partial charge in [0.05, 0.1) is 39.6 Å². The molecule has 4 rings (SSSR count). The molecule has 2 heterocycles. The summed E-state index contributed by atoms with van der Waals surface area (Å²) in [5, 5.41) is 0. The van der Waals surface area contributed by atoms with Gasteiger partial charge in [0.25, 0.3) is 0 Å². The maximum absolute atomic E-state index is 5.85. The third kappa shape index (κ3) is 8.00. The van der Waals surface area contributed by atoms with Gasteiger partial charge in [-0.2, -0.15) is 0 Å². The molecule has 2 aliphatic heterocycles. The van der Waals surface area contributed by atoms with E-state index < -0.39 is 0 Å². The molecule has 2 aromatic rings. The quantitative estimate of drug-likeness (QED) is 0.276. The Hall–Kier alpha value is -2.12. The number of epoxide rings is 2. The zero-order chi connectivity index (χ0) is 22.9. The van der Waals surface area contributed by atoms with Crippen LogP contribution in [0, 0.1) is 0 Å². The van der Waals surface area contributed by atoms with Crippen molar-refractivity contribution in [2.75, 3.05) is 52.9 Å². The normalized spacial score (nSPS) is 19.3. The first-order chi connectivity index (χ1) is 16.1. The monoisotopic (exact) mass is 456 g/mol. The Kier molecular flexibility index (Phi) is 8.62. The number of benzene rings is 2. The molecule has 0 unspecified atom stereocenters. The SMILES string of the molecule is CC(C)(c1ccc(OCCCOC[C@@H]2CO2)cc1)c1ccc(OCCCOC[C@H]2CO2)cc1. The average Bonchev–Trinajstić information content (AvgIpc) is 3.75. The van der Waals surface area contributed by atoms with Gasteiger partial charge in [-0.1, -0.05) is 38.1 Å². The number of hydrogen-bond acceptors (Lipinski definition) is 6. The minimum Gasteiger partial charge on any atom is -0.494 e. The van der Waals surface area contributed by atoms with Gasteiger partial charge in [0, 0.05) is 31.5 Å². The predicted molar refractivity (Wildman–Crippen MR) is 126 cm³/mol. The second-order valence-electron chi connectivity index (χ2n) is 9.14. The maximum atomic E-state index is 5.85. The highest BCUT2D eigenvalue weighted by Crippen LogP contribution is 2.33. The van der Waals surface area contributed by atoms with Gasteiger partial charge in [0.1, 0.15) is 23.7 Å². The first kappa shape index (κ1) is 24.0. The minimum atomic E-state index is -0.117. The smallest absolute Gasteiger partial charge is 0.119 e. The molecular weight excluding hydrogens is 420 g/mol. The average molecular weight is 457 g/mol. The lowest BCUT2D eigenvalue weighted by Crippen LogP contribution is -2.18. The van der Waals surface area contributed by atoms with Gasteiger partial charge < -0.3 is 28.4 Å². The standard InChI is InChI=1S/C27H36O6/c1-27(2,21-5-9-23(10-6-21)30-15-3-13-28-17-25-19-32-25)22-7-11-24(12-8-22)31-16-4-14-29-18-26-20-33-26/h5-12,25-26H,3-4,13-20H2,1-2H3/t25-,26+. The highest BCUT2D eigenvalue weighted by atomic mass is 16.6. The van der Waals surface area contributed by atoms with Gasteiger partial charge in [0.15, 0.2) is 0 Å². The summed E-state index contributed by atoms with van der Waals surface area (Å²) in [4.78, 5) is 0. The van der Waals surface area contributed by atoms with Crippen LogP contribution in [0.2, 0.25) is 0 Å². The molecule has 0 amide bonds. The van der Waals surface area contributed by atoms with Gasteiger partial charge in [-0.05, 0) is 35.4 Å². The number of hydrogen-bond donors (Lipinski definition) is 0. The van der Waals surface area contributed by atoms with Crippen LogP contribution in [0.25, 0.3) is 0 Å². The van der Waals surface area contributed by atoms with Crippen LogP contribution in [0.3, 0.4) is 0 Å². The van der Waals surface area contributed by atoms with Crippen molar-refractivity contribution < 1.29 is 28.4 Å². The molecule has 2 atom stereocenters. The van der Waals surface area contributed by atoms with Crippen LogP contribution >= 0.6 is 0 Å². The van der Waals surface area contributed by atoms with Gasteiger partial charge in [0.2, 0.25) is 0 Å². The fraction of sp³-hybridized carbons (Fsp3) is 0.556. The highest BCUT2D eigenvalue weighted by molar-refractivity contribution is 5.41. The van der Waals surface area contributed by atoms with Crippen LogP contribution in [-0.4, -0.2) is 65.1 Å². The Morgan fingerprint density at radius 3 is 1.42 bits per heavy atom. The molecular formula is C27H36O6. The first-order valence-electron chi connectivity index (χ1n) is 12.0. The highest BCUT2D eigenvalue weighted by Gasteiger charge is 2.24. The Labute approximate surface area is 197 Å². The van der Waals surface area contributed by atoms with Gasteiger partial charge in [-0.3, -0.25) is 0 Å². The molecule has 0 radical (unpaired) electrons. The third-order valence-corrected chi connectivity index (χ3v) is 5.97. The number of ether oxygens (including phenoxy) is 6. The van der Waals surface area contributed by atoms with E-state index in [9.17, 15) is 0 Å². The molecule has 0 spiro atoms. The molecule has 33 heavy (non-hydrogen) atoms. The predicted octanol–water partition coefficient (Wildman–Crippen LogP) is 4.38. The molecule has 180 valence electrons. The zero-order valence-electron chi connectivity index (χ0n) is 19.8. The van der Waals surface area contributed by atoms with Gasteiger partial charge >= 0.3 is 0 Å². The Morgan fingerprint density at radius 1 is 0.667 bits per heavy atom. The Balaban J connectivity index is 1.17. The molecule has 2 aliphatic rings. The summed E-state index contributed by atoms with van der Waals surface area (Å²) in [5.74, 6) is 1.77. The van der Waals surface area contributed by atoms with E-state index in [4.69, 9.17) is 28.4 Å². The third-order valence-electron chi connectivity index (χ3n) is 5.97. The van der Waals surface area contributed by atoms with E-state index in [1.807, 2.05) is 24.3 Å². The topological polar surface area (TPSA) is 62.0 Å². The van der Waals surface area contributed by atoms with Crippen molar-refractivity contribution in [3.63, 3.8) is 0 Å². The maximum Gasteiger partial charge on any atom is 0.119 e. The van der Waals surface area contributed by atoms with Crippen LogP contribution in [0.1, 0.15) is 37.8 Å². The molecule has 0 aliphatic carbocycles. The summed E-state index contributed by atoms with van der Waals surface area (Å²) >= 11 is 0. The Morgan fingerprint density at radius 2 is 1.06 bits per heavy atom. The van der Waals surface area contributed by atoms with Gasteiger partial charge in [-0.15, -0.1) is 0 Å². The molecule has 0 aromatic heterocycles. The minimum absolute atomic E-state index is 0.117. The van der Waals surface area contributed by atoms with Crippen molar-refractivity contribution in [1.29, 1.82) is 0 Å². The first-order valence-corrected chi connectivity index (χ1v) is 12.0. The summed E-state index contributed by atoms with van der Waals surface area (Å²) in [6.45, 7) is 10.2. The fourth-order valence-electron chi connectivity index (χ4n) is 3.56. The molecule has 2 saturated heterocycles. The summed E-state index contributed by atoms with van der Waals surface area (Å²) < 4.78 is 33.0. The molecule has 2 fully saturated rings. The molecule has 2 aromatic carbocycles. The van der Waals surface area contributed by atoms with Crippen molar-refractivity contribution in [3.8, 4) is 11.5 Å². The van der Waals surface area contributed by atoms with E-state index in [0.29, 0.717) is 51.8 Å². The van der Waals surface area contributed by atoms with Crippen molar-refractivity contribution in [1.82, 2.24) is 0 Å². The fourth-order valence-corrected chi connectivity index (χ4v) is 3.56. The van der Waals surface area contributed by atoms with Crippen LogP contribution in [0.15, 0.2) is 48.5 Å². The molecule has 6 heteroatoms. The van der Waals surface area contributed by atoms with Crippen LogP contribution in [0.4, 0.5) is 0 Å². The lowest BCUT2D eigenvalue weighted by molar-refractivity contribution is 0.104. The number of rotatable bonds is 16. The Bertz CT molecular complexity index is 755. The van der Waals surface area contributed by atoms with Crippen LogP contribution in [0.5, 0.6) is 11.5 Å². The lowest BCUT2D eigenvalue weighted by atomic mass is 9.78. The van der Waals surface area contributed by atoms with E-state index >= 15 is 0 Å². The van der Waals surface area contributed by atoms with E-state index in [-0.39, 0.29) is 5.41 Å². The van der Waals surface area contributed by atoms with Gasteiger partial charge in [-0.25, -0.2) is 0 Å².